The molecule has 4 aromatic rings. The molecule has 212 valence electrons. The normalized spacial score (nSPS) is 20.8. The Morgan fingerprint density at radius 3 is 2.65 bits per heavy atom. The summed E-state index contributed by atoms with van der Waals surface area (Å²) in [5.41, 5.74) is 0.427. The van der Waals surface area contributed by atoms with E-state index in [1.807, 2.05) is 12.3 Å². The Morgan fingerprint density at radius 2 is 1.88 bits per heavy atom. The Labute approximate surface area is 230 Å². The lowest BCUT2D eigenvalue weighted by atomic mass is 10.0. The number of hydrogen-bond donors (Lipinski definition) is 2. The van der Waals surface area contributed by atoms with Crippen molar-refractivity contribution in [2.45, 2.75) is 56.9 Å². The third-order valence-electron chi connectivity index (χ3n) is 8.19. The van der Waals surface area contributed by atoms with Crippen molar-refractivity contribution in [3.8, 4) is 22.6 Å². The van der Waals surface area contributed by atoms with Crippen LogP contribution in [-0.4, -0.2) is 68.4 Å². The smallest absolute Gasteiger partial charge is 0.360 e. The first-order valence-corrected chi connectivity index (χ1v) is 16.2. The molecule has 7 rings (SSSR count). The van der Waals surface area contributed by atoms with E-state index in [4.69, 9.17) is 0 Å². The first kappa shape index (κ1) is 27.0. The molecule has 0 saturated heterocycles. The maximum atomic E-state index is 14.2. The van der Waals surface area contributed by atoms with E-state index in [2.05, 4.69) is 41.8 Å². The van der Waals surface area contributed by atoms with Gasteiger partial charge in [-0.15, -0.1) is 0 Å². The number of fused-ring (bicyclic) bond motifs is 5. The van der Waals surface area contributed by atoms with E-state index in [1.165, 1.54) is 6.20 Å². The van der Waals surface area contributed by atoms with Crippen LogP contribution in [0.15, 0.2) is 36.9 Å². The van der Waals surface area contributed by atoms with E-state index in [9.17, 15) is 17.7 Å². The SMILES string of the molecule is CN1CCCCn2ccnc2-c2ccc3c(c[nH]c3c2P(C)(C)=O)-c2nc(ncc2C(F)(F)F)N[C@H]2CC[C@H]1C2. The lowest BCUT2D eigenvalue weighted by Crippen LogP contribution is -2.32. The Bertz CT molecular complexity index is 1610. The average Bonchev–Trinajstić information content (AvgIpc) is 3.63. The van der Waals surface area contributed by atoms with E-state index in [0.29, 0.717) is 39.2 Å². The fraction of sp³-hybridized carbons (Fsp3) is 0.464. The second-order valence-electron chi connectivity index (χ2n) is 11.3. The fourth-order valence-electron chi connectivity index (χ4n) is 6.22. The number of nitrogens with zero attached hydrogens (tertiary/aromatic N) is 5. The van der Waals surface area contributed by atoms with Crippen molar-refractivity contribution in [2.75, 3.05) is 32.2 Å². The number of rotatable bonds is 1. The molecule has 1 fully saturated rings. The predicted octanol–water partition coefficient (Wildman–Crippen LogP) is 5.81. The van der Waals surface area contributed by atoms with Crippen molar-refractivity contribution >= 4 is 29.3 Å². The van der Waals surface area contributed by atoms with Gasteiger partial charge in [-0.3, -0.25) is 0 Å². The van der Waals surface area contributed by atoms with Gasteiger partial charge in [0, 0.05) is 65.2 Å². The summed E-state index contributed by atoms with van der Waals surface area (Å²) in [6, 6.07) is 4.06. The number of hydrogen-bond acceptors (Lipinski definition) is 6. The molecule has 0 spiro atoms. The van der Waals surface area contributed by atoms with Crippen molar-refractivity contribution in [1.82, 2.24) is 29.4 Å². The highest BCUT2D eigenvalue weighted by molar-refractivity contribution is 7.70. The summed E-state index contributed by atoms with van der Waals surface area (Å²) < 4.78 is 58.4. The van der Waals surface area contributed by atoms with Gasteiger partial charge in [-0.1, -0.05) is 6.07 Å². The fourth-order valence-corrected chi connectivity index (χ4v) is 7.69. The maximum Gasteiger partial charge on any atom is 0.419 e. The van der Waals surface area contributed by atoms with Gasteiger partial charge >= 0.3 is 6.18 Å². The summed E-state index contributed by atoms with van der Waals surface area (Å²) in [6.07, 6.45) is 6.17. The highest BCUT2D eigenvalue weighted by Gasteiger charge is 2.37. The number of aromatic nitrogens is 5. The summed E-state index contributed by atoms with van der Waals surface area (Å²) >= 11 is 0. The number of aryl methyl sites for hydroxylation is 1. The number of benzene rings is 1. The number of anilines is 1. The van der Waals surface area contributed by atoms with Gasteiger partial charge in [0.1, 0.15) is 18.5 Å². The largest absolute Gasteiger partial charge is 0.419 e. The van der Waals surface area contributed by atoms with Crippen LogP contribution in [-0.2, 0) is 17.3 Å². The van der Waals surface area contributed by atoms with Gasteiger partial charge in [-0.2, -0.15) is 13.2 Å². The first-order valence-electron chi connectivity index (χ1n) is 13.6. The maximum absolute atomic E-state index is 14.2. The van der Waals surface area contributed by atoms with Crippen LogP contribution in [0.2, 0.25) is 0 Å². The van der Waals surface area contributed by atoms with Crippen molar-refractivity contribution in [2.24, 2.45) is 0 Å². The van der Waals surface area contributed by atoms with Gasteiger partial charge in [0.15, 0.2) is 0 Å². The highest BCUT2D eigenvalue weighted by Crippen LogP contribution is 2.45. The summed E-state index contributed by atoms with van der Waals surface area (Å²) in [6.45, 7) is 5.06. The molecule has 2 N–H and O–H groups in total. The molecule has 1 aliphatic carbocycles. The minimum atomic E-state index is -4.65. The second kappa shape index (κ2) is 10.0. The molecule has 3 aromatic heterocycles. The molecule has 1 aromatic carbocycles. The predicted molar refractivity (Wildman–Crippen MR) is 152 cm³/mol. The molecule has 0 amide bonds. The molecule has 40 heavy (non-hydrogen) atoms. The number of H-pyrrole nitrogens is 1. The molecule has 0 radical (unpaired) electrons. The monoisotopic (exact) mass is 571 g/mol. The van der Waals surface area contributed by atoms with Crippen molar-refractivity contribution in [3.63, 3.8) is 0 Å². The van der Waals surface area contributed by atoms with E-state index in [1.54, 1.807) is 25.6 Å². The van der Waals surface area contributed by atoms with Crippen molar-refractivity contribution in [1.29, 1.82) is 0 Å². The molecule has 1 saturated carbocycles. The molecule has 8 bridgehead atoms. The van der Waals surface area contributed by atoms with Gasteiger partial charge < -0.3 is 24.3 Å². The Morgan fingerprint density at radius 1 is 1.07 bits per heavy atom. The van der Waals surface area contributed by atoms with Crippen molar-refractivity contribution < 1.29 is 17.7 Å². The number of nitrogens with one attached hydrogen (secondary N) is 2. The molecule has 2 atom stereocenters. The van der Waals surface area contributed by atoms with Crippen LogP contribution in [0, 0.1) is 0 Å². The Kier molecular flexibility index (Phi) is 6.78. The van der Waals surface area contributed by atoms with Gasteiger partial charge in [0.25, 0.3) is 0 Å². The molecule has 2 aliphatic heterocycles. The quantitative estimate of drug-likeness (QED) is 0.280. The van der Waals surface area contributed by atoms with Gasteiger partial charge in [-0.05, 0) is 65.1 Å². The van der Waals surface area contributed by atoms with Crippen LogP contribution in [0.5, 0.6) is 0 Å². The minimum Gasteiger partial charge on any atom is -0.360 e. The zero-order valence-electron chi connectivity index (χ0n) is 22.8. The number of imidazole rings is 1. The van der Waals surface area contributed by atoms with Crippen LogP contribution in [0.1, 0.15) is 37.7 Å². The van der Waals surface area contributed by atoms with Gasteiger partial charge in [0.2, 0.25) is 5.95 Å². The number of alkyl halides is 3. The number of halogens is 3. The van der Waals surface area contributed by atoms with Crippen molar-refractivity contribution in [3.05, 3.63) is 42.5 Å². The summed E-state index contributed by atoms with van der Waals surface area (Å²) in [5.74, 6) is 0.880. The zero-order valence-corrected chi connectivity index (χ0v) is 23.7. The van der Waals surface area contributed by atoms with Crippen LogP contribution in [0.25, 0.3) is 33.5 Å². The first-order chi connectivity index (χ1) is 19.0. The van der Waals surface area contributed by atoms with Crippen LogP contribution >= 0.6 is 7.14 Å². The summed E-state index contributed by atoms with van der Waals surface area (Å²) in [4.78, 5) is 18.6. The molecular weight excluding hydrogens is 538 g/mol. The summed E-state index contributed by atoms with van der Waals surface area (Å²) in [5, 5.41) is 4.40. The van der Waals surface area contributed by atoms with Crippen LogP contribution < -0.4 is 10.6 Å². The lowest BCUT2D eigenvalue weighted by Gasteiger charge is -2.24. The number of aromatic amines is 1. The van der Waals surface area contributed by atoms with E-state index >= 15 is 0 Å². The summed E-state index contributed by atoms with van der Waals surface area (Å²) in [7, 11) is -0.772. The molecule has 8 nitrogen and oxygen atoms in total. The average molecular weight is 572 g/mol. The molecule has 0 unspecified atom stereocenters. The second-order valence-corrected chi connectivity index (χ2v) is 14.5. The highest BCUT2D eigenvalue weighted by atomic mass is 31.2. The van der Waals surface area contributed by atoms with Crippen LogP contribution in [0.4, 0.5) is 19.1 Å². The molecule has 3 aliphatic rings. The lowest BCUT2D eigenvalue weighted by molar-refractivity contribution is -0.137. The zero-order chi connectivity index (χ0) is 28.2. The topological polar surface area (TPSA) is 91.7 Å². The van der Waals surface area contributed by atoms with Gasteiger partial charge in [0.05, 0.1) is 11.2 Å². The molecular formula is C28H33F3N7OP. The van der Waals surface area contributed by atoms with E-state index < -0.39 is 18.9 Å². The Hall–Kier alpha value is -3.17. The Balaban J connectivity index is 1.57. The molecule has 5 heterocycles. The van der Waals surface area contributed by atoms with E-state index in [-0.39, 0.29) is 17.7 Å². The van der Waals surface area contributed by atoms with Crippen LogP contribution in [0.3, 0.4) is 0 Å². The third-order valence-corrected chi connectivity index (χ3v) is 9.74. The molecule has 12 heteroatoms. The van der Waals surface area contributed by atoms with Gasteiger partial charge in [-0.25, -0.2) is 15.0 Å². The minimum absolute atomic E-state index is 0.0795. The standard InChI is InChI=1S/C28H33F3N7OP/c1-37-11-4-5-12-38-13-10-32-26(38)20-9-8-19-21(15-33-24(19)25(20)40(2,3)39)23-22(28(29,30)31)16-34-27(36-23)35-17-6-7-18(37)14-17/h8-10,13,15-18,33H,4-7,11-12,14H2,1-3H3,(H,34,35,36)/t17-,18-/m0/s1. The third kappa shape index (κ3) is 4.94. The van der Waals surface area contributed by atoms with E-state index in [0.717, 1.165) is 51.4 Å².